The number of benzene rings is 1. The Morgan fingerprint density at radius 1 is 1.36 bits per heavy atom. The number of carboxylic acid groups (broad SMARTS) is 1. The predicted molar refractivity (Wildman–Crippen MR) is 48.6 cm³/mol. The van der Waals surface area contributed by atoms with Crippen LogP contribution >= 0.6 is 0 Å². The molecule has 1 N–H and O–H groups in total. The van der Waals surface area contributed by atoms with E-state index in [1.54, 1.807) is 12.1 Å². The van der Waals surface area contributed by atoms with E-state index >= 15 is 0 Å². The highest BCUT2D eigenvalue weighted by molar-refractivity contribution is 5.87. The van der Waals surface area contributed by atoms with Crippen LogP contribution < -0.4 is 4.74 Å². The molecule has 1 aliphatic rings. The number of hydrogen-bond acceptors (Lipinski definition) is 3. The summed E-state index contributed by atoms with van der Waals surface area (Å²) in [6.45, 7) is 1.22. The first-order chi connectivity index (χ1) is 6.75. The summed E-state index contributed by atoms with van der Waals surface area (Å²) in [5.74, 6) is -0.244. The van der Waals surface area contributed by atoms with Crippen LogP contribution in [0.15, 0.2) is 24.3 Å². The summed E-state index contributed by atoms with van der Waals surface area (Å²) in [5, 5.41) is 8.65. The normalized spacial score (nSPS) is 16.0. The summed E-state index contributed by atoms with van der Waals surface area (Å²) in [7, 11) is 0. The van der Waals surface area contributed by atoms with Crippen LogP contribution in [0, 0.1) is 0 Å². The van der Waals surface area contributed by atoms with E-state index in [4.69, 9.17) is 14.6 Å². The largest absolute Gasteiger partial charge is 0.486 e. The van der Waals surface area contributed by atoms with Crippen molar-refractivity contribution in [3.8, 4) is 5.75 Å². The molecule has 0 spiro atoms. The highest BCUT2D eigenvalue weighted by Gasteiger charge is 2.19. The van der Waals surface area contributed by atoms with Gasteiger partial charge in [0, 0.05) is 0 Å². The van der Waals surface area contributed by atoms with E-state index in [0.717, 1.165) is 0 Å². The zero-order chi connectivity index (χ0) is 9.97. The van der Waals surface area contributed by atoms with Crippen molar-refractivity contribution in [3.63, 3.8) is 0 Å². The van der Waals surface area contributed by atoms with Crippen LogP contribution in [-0.2, 0) is 4.74 Å². The fourth-order valence-electron chi connectivity index (χ4n) is 1.15. The molecule has 0 aromatic heterocycles. The van der Waals surface area contributed by atoms with E-state index in [9.17, 15) is 4.79 Å². The molecule has 0 atom stereocenters. The number of hydrogen-bond donors (Lipinski definition) is 1. The van der Waals surface area contributed by atoms with Gasteiger partial charge in [-0.2, -0.15) is 0 Å². The molecule has 1 saturated heterocycles. The molecule has 0 radical (unpaired) electrons. The molecule has 74 valence electrons. The van der Waals surface area contributed by atoms with Crippen molar-refractivity contribution < 1.29 is 19.4 Å². The molecular formula is C10H10O4. The van der Waals surface area contributed by atoms with Gasteiger partial charge in [-0.1, -0.05) is 0 Å². The van der Waals surface area contributed by atoms with Gasteiger partial charge in [0.1, 0.15) is 11.9 Å². The molecule has 1 heterocycles. The summed E-state index contributed by atoms with van der Waals surface area (Å²) >= 11 is 0. The molecule has 1 aromatic carbocycles. The minimum Gasteiger partial charge on any atom is -0.486 e. The minimum atomic E-state index is -0.927. The molecule has 1 fully saturated rings. The Labute approximate surface area is 81.1 Å². The van der Waals surface area contributed by atoms with Crippen molar-refractivity contribution in [2.75, 3.05) is 13.2 Å². The highest BCUT2D eigenvalue weighted by atomic mass is 16.6. The fourth-order valence-corrected chi connectivity index (χ4v) is 1.15. The second-order valence-electron chi connectivity index (χ2n) is 3.11. The van der Waals surface area contributed by atoms with Gasteiger partial charge >= 0.3 is 5.97 Å². The lowest BCUT2D eigenvalue weighted by Crippen LogP contribution is -2.38. The smallest absolute Gasteiger partial charge is 0.335 e. The van der Waals surface area contributed by atoms with Crippen molar-refractivity contribution in [1.82, 2.24) is 0 Å². The minimum absolute atomic E-state index is 0.116. The van der Waals surface area contributed by atoms with Crippen LogP contribution in [0.1, 0.15) is 10.4 Å². The average Bonchev–Trinajstić information content (AvgIpc) is 2.12. The molecule has 0 amide bonds. The van der Waals surface area contributed by atoms with Crippen molar-refractivity contribution in [2.24, 2.45) is 0 Å². The maximum absolute atomic E-state index is 10.5. The SMILES string of the molecule is O=C(O)c1ccc(OC2COC2)cc1. The van der Waals surface area contributed by atoms with E-state index in [1.165, 1.54) is 12.1 Å². The first-order valence-electron chi connectivity index (χ1n) is 4.33. The maximum Gasteiger partial charge on any atom is 0.335 e. The van der Waals surface area contributed by atoms with Gasteiger partial charge in [-0.25, -0.2) is 4.79 Å². The first kappa shape index (κ1) is 9.02. The van der Waals surface area contributed by atoms with Gasteiger partial charge < -0.3 is 14.6 Å². The molecule has 1 aromatic rings. The van der Waals surface area contributed by atoms with Crippen LogP contribution in [0.25, 0.3) is 0 Å². The third-order valence-corrected chi connectivity index (χ3v) is 2.01. The Hall–Kier alpha value is -1.55. The Morgan fingerprint density at radius 2 is 2.00 bits per heavy atom. The standard InChI is InChI=1S/C10H10O4/c11-10(12)7-1-3-8(4-2-7)14-9-5-13-6-9/h1-4,9H,5-6H2,(H,11,12). The lowest BCUT2D eigenvalue weighted by atomic mass is 10.2. The molecule has 0 aliphatic carbocycles. The average molecular weight is 194 g/mol. The second kappa shape index (κ2) is 3.67. The third-order valence-electron chi connectivity index (χ3n) is 2.01. The maximum atomic E-state index is 10.5. The topological polar surface area (TPSA) is 55.8 Å². The molecule has 0 saturated carbocycles. The summed E-state index contributed by atoms with van der Waals surface area (Å²) in [5.41, 5.74) is 0.266. The molecule has 14 heavy (non-hydrogen) atoms. The summed E-state index contributed by atoms with van der Waals surface area (Å²) in [6, 6.07) is 6.36. The highest BCUT2D eigenvalue weighted by Crippen LogP contribution is 2.16. The Kier molecular flexibility index (Phi) is 2.37. The van der Waals surface area contributed by atoms with Crippen molar-refractivity contribution in [3.05, 3.63) is 29.8 Å². The quantitative estimate of drug-likeness (QED) is 0.784. The van der Waals surface area contributed by atoms with Gasteiger partial charge in [0.25, 0.3) is 0 Å². The zero-order valence-electron chi connectivity index (χ0n) is 7.47. The Bertz CT molecular complexity index is 326. The van der Waals surface area contributed by atoms with Gasteiger partial charge in [-0.15, -0.1) is 0 Å². The van der Waals surface area contributed by atoms with Gasteiger partial charge in [-0.05, 0) is 24.3 Å². The fraction of sp³-hybridized carbons (Fsp3) is 0.300. The van der Waals surface area contributed by atoms with Gasteiger partial charge in [0.15, 0.2) is 0 Å². The van der Waals surface area contributed by atoms with Crippen LogP contribution in [0.3, 0.4) is 0 Å². The van der Waals surface area contributed by atoms with E-state index < -0.39 is 5.97 Å². The summed E-state index contributed by atoms with van der Waals surface area (Å²) < 4.78 is 10.4. The molecule has 4 heteroatoms. The predicted octanol–water partition coefficient (Wildman–Crippen LogP) is 1.16. The van der Waals surface area contributed by atoms with Crippen LogP contribution in [0.5, 0.6) is 5.75 Å². The van der Waals surface area contributed by atoms with E-state index in [-0.39, 0.29) is 11.7 Å². The number of ether oxygens (including phenoxy) is 2. The van der Waals surface area contributed by atoms with Gasteiger partial charge in [0.05, 0.1) is 18.8 Å². The molecule has 0 unspecified atom stereocenters. The van der Waals surface area contributed by atoms with Crippen LogP contribution in [-0.4, -0.2) is 30.4 Å². The third kappa shape index (κ3) is 1.85. The van der Waals surface area contributed by atoms with Gasteiger partial charge in [-0.3, -0.25) is 0 Å². The van der Waals surface area contributed by atoms with E-state index in [2.05, 4.69) is 0 Å². The lowest BCUT2D eigenvalue weighted by molar-refractivity contribution is -0.0796. The monoisotopic (exact) mass is 194 g/mol. The van der Waals surface area contributed by atoms with Crippen molar-refractivity contribution in [2.45, 2.75) is 6.10 Å². The van der Waals surface area contributed by atoms with Crippen molar-refractivity contribution >= 4 is 5.97 Å². The first-order valence-corrected chi connectivity index (χ1v) is 4.33. The summed E-state index contributed by atoms with van der Waals surface area (Å²) in [6.07, 6.45) is 0.116. The van der Waals surface area contributed by atoms with Crippen LogP contribution in [0.2, 0.25) is 0 Å². The molecule has 0 bridgehead atoms. The molecule has 1 aliphatic heterocycles. The number of rotatable bonds is 3. The second-order valence-corrected chi connectivity index (χ2v) is 3.11. The molecule has 2 rings (SSSR count). The zero-order valence-corrected chi connectivity index (χ0v) is 7.47. The van der Waals surface area contributed by atoms with Crippen molar-refractivity contribution in [1.29, 1.82) is 0 Å². The molecular weight excluding hydrogens is 184 g/mol. The lowest BCUT2D eigenvalue weighted by Gasteiger charge is -2.26. The number of carbonyl (C=O) groups is 1. The molecule has 4 nitrogen and oxygen atoms in total. The Morgan fingerprint density at radius 3 is 2.43 bits per heavy atom. The number of aromatic carboxylic acids is 1. The number of carboxylic acids is 1. The van der Waals surface area contributed by atoms with Gasteiger partial charge in [0.2, 0.25) is 0 Å². The van der Waals surface area contributed by atoms with E-state index in [1.807, 2.05) is 0 Å². The Balaban J connectivity index is 2.01. The van der Waals surface area contributed by atoms with Crippen LogP contribution in [0.4, 0.5) is 0 Å². The summed E-state index contributed by atoms with van der Waals surface area (Å²) in [4.78, 5) is 10.5. The van der Waals surface area contributed by atoms with E-state index in [0.29, 0.717) is 19.0 Å².